The van der Waals surface area contributed by atoms with Crippen LogP contribution in [-0.4, -0.2) is 19.4 Å². The summed E-state index contributed by atoms with van der Waals surface area (Å²) in [6.45, 7) is 5.44. The molecule has 0 saturated carbocycles. The van der Waals surface area contributed by atoms with Crippen LogP contribution in [0.2, 0.25) is 0 Å². The molecule has 0 unspecified atom stereocenters. The van der Waals surface area contributed by atoms with Gasteiger partial charge in [-0.2, -0.15) is 0 Å². The smallest absolute Gasteiger partial charge is 0.434 e. The molecule has 0 heterocycles. The van der Waals surface area contributed by atoms with Crippen molar-refractivity contribution >= 4 is 6.16 Å². The molecule has 0 bridgehead atoms. The lowest BCUT2D eigenvalue weighted by molar-refractivity contribution is 0.0529. The standard InChI is InChI=1S/C37H68O3/c1-3-5-7-9-11-13-15-17-19-21-23-25-27-29-31-33-35-39-37(38)40-36-34-32-30-28-26-24-22-20-18-16-14-12-10-8-6-4-2/h5,7,11,13,17,19H,3-4,6,8-10,12,14-16,18,20-36H2,1-2H3/b7-5-,13-11-,19-17-. The summed E-state index contributed by atoms with van der Waals surface area (Å²) in [4.78, 5) is 11.7. The zero-order valence-electron chi connectivity index (χ0n) is 27.0. The van der Waals surface area contributed by atoms with Crippen molar-refractivity contribution in [2.45, 2.75) is 181 Å². The van der Waals surface area contributed by atoms with Gasteiger partial charge in [0.25, 0.3) is 0 Å². The second-order valence-electron chi connectivity index (χ2n) is 11.5. The van der Waals surface area contributed by atoms with Crippen molar-refractivity contribution in [3.8, 4) is 0 Å². The lowest BCUT2D eigenvalue weighted by atomic mass is 10.0. The molecular weight excluding hydrogens is 492 g/mol. The molecule has 3 nitrogen and oxygen atoms in total. The van der Waals surface area contributed by atoms with Gasteiger partial charge in [0.2, 0.25) is 0 Å². The van der Waals surface area contributed by atoms with Gasteiger partial charge in [-0.15, -0.1) is 0 Å². The van der Waals surface area contributed by atoms with Gasteiger partial charge in [-0.1, -0.05) is 172 Å². The number of rotatable bonds is 31. The molecule has 0 aromatic heterocycles. The van der Waals surface area contributed by atoms with E-state index in [1.807, 2.05) is 0 Å². The van der Waals surface area contributed by atoms with Gasteiger partial charge in [0.1, 0.15) is 0 Å². The molecule has 0 aliphatic rings. The van der Waals surface area contributed by atoms with Crippen LogP contribution < -0.4 is 0 Å². The highest BCUT2D eigenvalue weighted by Gasteiger charge is 2.03. The summed E-state index contributed by atoms with van der Waals surface area (Å²) in [5.41, 5.74) is 0. The lowest BCUT2D eigenvalue weighted by Crippen LogP contribution is -2.09. The van der Waals surface area contributed by atoms with E-state index in [0.717, 1.165) is 44.9 Å². The molecule has 0 aliphatic heterocycles. The Hall–Kier alpha value is -1.51. The van der Waals surface area contributed by atoms with Crippen LogP contribution in [-0.2, 0) is 9.47 Å². The number of carbonyl (C=O) groups is 1. The number of unbranched alkanes of at least 4 members (excludes halogenated alkanes) is 21. The third kappa shape index (κ3) is 34.5. The molecule has 0 atom stereocenters. The predicted octanol–water partition coefficient (Wildman–Crippen LogP) is 13.0. The first-order chi connectivity index (χ1) is 19.8. The molecule has 0 N–H and O–H groups in total. The topological polar surface area (TPSA) is 35.5 Å². The van der Waals surface area contributed by atoms with Crippen molar-refractivity contribution < 1.29 is 14.3 Å². The van der Waals surface area contributed by atoms with Crippen LogP contribution in [0.15, 0.2) is 36.5 Å². The first-order valence-electron chi connectivity index (χ1n) is 17.6. The summed E-state index contributed by atoms with van der Waals surface area (Å²) in [5, 5.41) is 0. The van der Waals surface area contributed by atoms with Crippen molar-refractivity contribution in [3.05, 3.63) is 36.5 Å². The molecular formula is C37H68O3. The minimum Gasteiger partial charge on any atom is -0.434 e. The summed E-state index contributed by atoms with van der Waals surface area (Å²) in [7, 11) is 0. The fourth-order valence-corrected chi connectivity index (χ4v) is 4.90. The van der Waals surface area contributed by atoms with Gasteiger partial charge < -0.3 is 9.47 Å². The summed E-state index contributed by atoms with van der Waals surface area (Å²) < 4.78 is 10.4. The lowest BCUT2D eigenvalue weighted by Gasteiger charge is -2.06. The predicted molar refractivity (Wildman–Crippen MR) is 176 cm³/mol. The average Bonchev–Trinajstić information content (AvgIpc) is 2.96. The van der Waals surface area contributed by atoms with E-state index in [2.05, 4.69) is 50.3 Å². The van der Waals surface area contributed by atoms with E-state index in [4.69, 9.17) is 9.47 Å². The molecule has 0 aliphatic carbocycles. The number of hydrogen-bond acceptors (Lipinski definition) is 3. The third-order valence-corrected chi connectivity index (χ3v) is 7.48. The Kier molecular flexibility index (Phi) is 34.2. The van der Waals surface area contributed by atoms with Gasteiger partial charge >= 0.3 is 6.16 Å². The van der Waals surface area contributed by atoms with E-state index in [1.54, 1.807) is 0 Å². The van der Waals surface area contributed by atoms with Crippen molar-refractivity contribution in [2.75, 3.05) is 13.2 Å². The molecule has 3 heteroatoms. The van der Waals surface area contributed by atoms with Crippen molar-refractivity contribution in [1.82, 2.24) is 0 Å². The molecule has 0 rings (SSSR count). The molecule has 0 amide bonds. The number of ether oxygens (including phenoxy) is 2. The highest BCUT2D eigenvalue weighted by Crippen LogP contribution is 2.14. The Morgan fingerprint density at radius 2 is 0.775 bits per heavy atom. The van der Waals surface area contributed by atoms with Gasteiger partial charge in [0.15, 0.2) is 0 Å². The van der Waals surface area contributed by atoms with Gasteiger partial charge in [-0.05, 0) is 44.9 Å². The molecule has 40 heavy (non-hydrogen) atoms. The maximum atomic E-state index is 11.7. The summed E-state index contributed by atoms with van der Waals surface area (Å²) in [5.74, 6) is 0. The molecule has 234 valence electrons. The molecule has 0 radical (unpaired) electrons. The van der Waals surface area contributed by atoms with E-state index in [1.165, 1.54) is 122 Å². The van der Waals surface area contributed by atoms with E-state index in [9.17, 15) is 4.79 Å². The molecule has 0 spiro atoms. The first-order valence-corrected chi connectivity index (χ1v) is 17.6. The maximum Gasteiger partial charge on any atom is 0.508 e. The van der Waals surface area contributed by atoms with Crippen LogP contribution in [0.3, 0.4) is 0 Å². The average molecular weight is 561 g/mol. The van der Waals surface area contributed by atoms with Gasteiger partial charge in [0, 0.05) is 0 Å². The van der Waals surface area contributed by atoms with Crippen LogP contribution in [0.5, 0.6) is 0 Å². The van der Waals surface area contributed by atoms with Crippen LogP contribution >= 0.6 is 0 Å². The minimum absolute atomic E-state index is 0.486. The van der Waals surface area contributed by atoms with Gasteiger partial charge in [-0.3, -0.25) is 0 Å². The van der Waals surface area contributed by atoms with Crippen molar-refractivity contribution in [3.63, 3.8) is 0 Å². The minimum atomic E-state index is -0.486. The zero-order chi connectivity index (χ0) is 29.0. The molecule has 0 saturated heterocycles. The molecule has 0 aromatic carbocycles. The number of allylic oxidation sites excluding steroid dienone is 6. The second kappa shape index (κ2) is 35.5. The monoisotopic (exact) mass is 561 g/mol. The second-order valence-corrected chi connectivity index (χ2v) is 11.5. The van der Waals surface area contributed by atoms with E-state index in [0.29, 0.717) is 13.2 Å². The third-order valence-electron chi connectivity index (χ3n) is 7.48. The highest BCUT2D eigenvalue weighted by atomic mass is 16.7. The highest BCUT2D eigenvalue weighted by molar-refractivity contribution is 5.59. The first kappa shape index (κ1) is 38.5. The Bertz CT molecular complexity index is 578. The van der Waals surface area contributed by atoms with Crippen molar-refractivity contribution in [2.24, 2.45) is 0 Å². The Labute approximate surface area is 250 Å². The Morgan fingerprint density at radius 1 is 0.425 bits per heavy atom. The van der Waals surface area contributed by atoms with Gasteiger partial charge in [0.05, 0.1) is 13.2 Å². The number of hydrogen-bond donors (Lipinski definition) is 0. The fourth-order valence-electron chi connectivity index (χ4n) is 4.90. The fraction of sp³-hybridized carbons (Fsp3) is 0.811. The van der Waals surface area contributed by atoms with Crippen LogP contribution in [0.4, 0.5) is 4.79 Å². The SMILES string of the molecule is CC/C=C\C/C=C\C/C=C\CCCCCCCCOC(=O)OCCCCCCCCCCCCCCCCCC. The van der Waals surface area contributed by atoms with E-state index >= 15 is 0 Å². The van der Waals surface area contributed by atoms with Crippen molar-refractivity contribution in [1.29, 1.82) is 0 Å². The van der Waals surface area contributed by atoms with Crippen LogP contribution in [0.25, 0.3) is 0 Å². The summed E-state index contributed by atoms with van der Waals surface area (Å²) >= 11 is 0. The normalized spacial score (nSPS) is 11.8. The van der Waals surface area contributed by atoms with Crippen LogP contribution in [0.1, 0.15) is 181 Å². The maximum absolute atomic E-state index is 11.7. The quantitative estimate of drug-likeness (QED) is 0.0480. The Morgan fingerprint density at radius 3 is 1.20 bits per heavy atom. The molecule has 0 fully saturated rings. The largest absolute Gasteiger partial charge is 0.508 e. The summed E-state index contributed by atoms with van der Waals surface area (Å²) in [6.07, 6.45) is 46.1. The van der Waals surface area contributed by atoms with Gasteiger partial charge in [-0.25, -0.2) is 4.79 Å². The summed E-state index contributed by atoms with van der Waals surface area (Å²) in [6, 6.07) is 0. The Balaban J connectivity index is 3.22. The number of carbonyl (C=O) groups excluding carboxylic acids is 1. The van der Waals surface area contributed by atoms with E-state index in [-0.39, 0.29) is 0 Å². The zero-order valence-corrected chi connectivity index (χ0v) is 27.0. The molecule has 0 aromatic rings. The van der Waals surface area contributed by atoms with E-state index < -0.39 is 6.16 Å². The van der Waals surface area contributed by atoms with Crippen LogP contribution in [0, 0.1) is 0 Å².